The van der Waals surface area contributed by atoms with E-state index < -0.39 is 0 Å². The summed E-state index contributed by atoms with van der Waals surface area (Å²) in [5.41, 5.74) is 1.68. The lowest BCUT2D eigenvalue weighted by Gasteiger charge is -2.03. The number of amides is 1. The van der Waals surface area contributed by atoms with Crippen LogP contribution < -0.4 is 9.54 Å². The number of furan rings is 1. The molecule has 0 aliphatic heterocycles. The van der Waals surface area contributed by atoms with Crippen LogP contribution >= 0.6 is 23.1 Å². The fourth-order valence-electron chi connectivity index (χ4n) is 3.26. The summed E-state index contributed by atoms with van der Waals surface area (Å²) < 4.78 is 14.7. The molecule has 0 radical (unpaired) electrons. The highest BCUT2D eigenvalue weighted by Gasteiger charge is 2.16. The van der Waals surface area contributed by atoms with Crippen LogP contribution in [0.4, 0.5) is 0 Å². The zero-order valence-corrected chi connectivity index (χ0v) is 18.2. The van der Waals surface area contributed by atoms with Gasteiger partial charge >= 0.3 is 5.91 Å². The Bertz CT molecular complexity index is 1250. The molecule has 7 heteroatoms. The smallest absolute Gasteiger partial charge is 0.315 e. The van der Waals surface area contributed by atoms with Crippen molar-refractivity contribution in [1.82, 2.24) is 4.57 Å². The second kappa shape index (κ2) is 8.47. The Hall–Kier alpha value is -2.51. The van der Waals surface area contributed by atoms with Crippen LogP contribution in [0.1, 0.15) is 30.8 Å². The van der Waals surface area contributed by atoms with E-state index >= 15 is 0 Å². The van der Waals surface area contributed by atoms with Crippen LogP contribution in [0.25, 0.3) is 21.2 Å². The van der Waals surface area contributed by atoms with Gasteiger partial charge in [-0.3, -0.25) is 4.79 Å². The quantitative estimate of drug-likeness (QED) is 0.370. The van der Waals surface area contributed by atoms with Gasteiger partial charge in [0.1, 0.15) is 0 Å². The maximum Gasteiger partial charge on any atom is 0.315 e. The molecule has 0 saturated heterocycles. The predicted molar refractivity (Wildman–Crippen MR) is 119 cm³/mol. The molecule has 0 spiro atoms. The van der Waals surface area contributed by atoms with Gasteiger partial charge in [0.2, 0.25) is 0 Å². The number of thioether (sulfide) groups is 1. The number of aryl methyl sites for hydroxylation is 1. The lowest BCUT2D eigenvalue weighted by molar-refractivity contribution is 0.0973. The predicted octanol–water partition coefficient (Wildman–Crippen LogP) is 5.72. The largest absolute Gasteiger partial charge is 0.490 e. The Morgan fingerprint density at radius 2 is 2.10 bits per heavy atom. The zero-order valence-electron chi connectivity index (χ0n) is 16.6. The Balaban J connectivity index is 1.80. The maximum atomic E-state index is 12.9. The Labute approximate surface area is 177 Å². The minimum Gasteiger partial charge on any atom is -0.490 e. The first-order chi connectivity index (χ1) is 14.1. The third kappa shape index (κ3) is 3.84. The number of hydrogen-bond acceptors (Lipinski definition) is 5. The first-order valence-corrected chi connectivity index (χ1v) is 11.6. The number of rotatable bonds is 6. The van der Waals surface area contributed by atoms with Crippen molar-refractivity contribution in [2.75, 3.05) is 12.9 Å². The summed E-state index contributed by atoms with van der Waals surface area (Å²) in [6.07, 6.45) is 3.02. The average molecular weight is 427 g/mol. The second-order valence-corrected chi connectivity index (χ2v) is 8.39. The molecule has 0 N–H and O–H groups in total. The van der Waals surface area contributed by atoms with Crippen molar-refractivity contribution >= 4 is 50.2 Å². The van der Waals surface area contributed by atoms with Crippen LogP contribution in [-0.2, 0) is 6.54 Å². The molecule has 0 aliphatic carbocycles. The van der Waals surface area contributed by atoms with E-state index in [0.29, 0.717) is 22.7 Å². The molecule has 1 amide bonds. The fraction of sp³-hybridized carbons (Fsp3) is 0.273. The molecular weight excluding hydrogens is 404 g/mol. The van der Waals surface area contributed by atoms with Gasteiger partial charge < -0.3 is 13.7 Å². The number of para-hydroxylation sites is 1. The number of nitrogens with zero attached hydrogens (tertiary/aromatic N) is 2. The molecule has 0 bridgehead atoms. The summed E-state index contributed by atoms with van der Waals surface area (Å²) >= 11 is 3.23. The van der Waals surface area contributed by atoms with E-state index in [1.165, 1.54) is 16.2 Å². The molecule has 0 aliphatic rings. The first kappa shape index (κ1) is 19.8. The number of hydrogen-bond donors (Lipinski definition) is 0. The van der Waals surface area contributed by atoms with E-state index in [9.17, 15) is 4.79 Å². The number of carbonyl (C=O) groups is 1. The zero-order chi connectivity index (χ0) is 20.4. The highest BCUT2D eigenvalue weighted by Crippen LogP contribution is 2.29. The minimum absolute atomic E-state index is 0.220. The normalized spacial score (nSPS) is 12.2. The van der Waals surface area contributed by atoms with Gasteiger partial charge in [-0.05, 0) is 49.9 Å². The number of fused-ring (bicyclic) bond motifs is 2. The minimum atomic E-state index is -0.384. The maximum absolute atomic E-state index is 12.9. The monoisotopic (exact) mass is 426 g/mol. The molecule has 4 aromatic rings. The molecule has 2 heterocycles. The Morgan fingerprint density at radius 1 is 1.24 bits per heavy atom. The molecule has 29 heavy (non-hydrogen) atoms. The van der Waals surface area contributed by atoms with Crippen molar-refractivity contribution in [3.63, 3.8) is 0 Å². The number of benzene rings is 2. The summed E-state index contributed by atoms with van der Waals surface area (Å²) in [6, 6.07) is 13.7. The summed E-state index contributed by atoms with van der Waals surface area (Å²) in [6.45, 7) is 5.37. The highest BCUT2D eigenvalue weighted by molar-refractivity contribution is 7.98. The second-order valence-electron chi connectivity index (χ2n) is 6.51. The van der Waals surface area contributed by atoms with E-state index in [1.54, 1.807) is 17.8 Å². The van der Waals surface area contributed by atoms with Gasteiger partial charge in [0.15, 0.2) is 21.9 Å². The fourth-order valence-corrected chi connectivity index (χ4v) is 4.87. The van der Waals surface area contributed by atoms with Gasteiger partial charge in [0, 0.05) is 16.8 Å². The van der Waals surface area contributed by atoms with Gasteiger partial charge in [-0.25, -0.2) is 0 Å². The topological polar surface area (TPSA) is 56.7 Å². The van der Waals surface area contributed by atoms with Crippen LogP contribution in [0, 0.1) is 0 Å². The van der Waals surface area contributed by atoms with Crippen LogP contribution in [0.15, 0.2) is 56.8 Å². The molecule has 4 rings (SSSR count). The molecule has 0 saturated carbocycles. The molecule has 150 valence electrons. The molecule has 0 atom stereocenters. The van der Waals surface area contributed by atoms with Crippen LogP contribution in [0.2, 0.25) is 0 Å². The van der Waals surface area contributed by atoms with Gasteiger partial charge in [-0.15, -0.1) is 11.8 Å². The molecule has 5 nitrogen and oxygen atoms in total. The summed E-state index contributed by atoms with van der Waals surface area (Å²) in [7, 11) is 0. The standard InChI is InChI=1S/C22H22N2O3S2/c1-4-11-24-16-10-9-15(28-3)13-19(16)29-22(24)23-21(25)18-12-14-7-6-8-17(26-5-2)20(14)27-18/h6-10,12-13H,4-5,11H2,1-3H3. The summed E-state index contributed by atoms with van der Waals surface area (Å²) in [5, 5.41) is 0.830. The number of carbonyl (C=O) groups excluding carboxylic acids is 1. The van der Waals surface area contributed by atoms with Gasteiger partial charge in [0.25, 0.3) is 0 Å². The molecule has 0 unspecified atom stereocenters. The van der Waals surface area contributed by atoms with Gasteiger partial charge in [0.05, 0.1) is 16.8 Å². The van der Waals surface area contributed by atoms with Crippen molar-refractivity contribution in [2.45, 2.75) is 31.7 Å². The lowest BCUT2D eigenvalue weighted by atomic mass is 10.2. The number of aromatic nitrogens is 1. The van der Waals surface area contributed by atoms with Crippen LogP contribution in [-0.4, -0.2) is 23.3 Å². The van der Waals surface area contributed by atoms with Crippen LogP contribution in [0.5, 0.6) is 5.75 Å². The third-order valence-electron chi connectivity index (χ3n) is 4.55. The Morgan fingerprint density at radius 3 is 2.86 bits per heavy atom. The van der Waals surface area contributed by atoms with E-state index in [4.69, 9.17) is 9.15 Å². The highest BCUT2D eigenvalue weighted by atomic mass is 32.2. The van der Waals surface area contributed by atoms with Crippen molar-refractivity contribution in [3.05, 3.63) is 53.0 Å². The van der Waals surface area contributed by atoms with E-state index in [-0.39, 0.29) is 11.7 Å². The van der Waals surface area contributed by atoms with Gasteiger partial charge in [-0.1, -0.05) is 30.4 Å². The van der Waals surface area contributed by atoms with Gasteiger partial charge in [-0.2, -0.15) is 4.99 Å². The number of ether oxygens (including phenoxy) is 1. The molecular formula is C22H22N2O3S2. The Kier molecular flexibility index (Phi) is 5.78. The summed E-state index contributed by atoms with van der Waals surface area (Å²) in [5.74, 6) is 0.471. The third-order valence-corrected chi connectivity index (χ3v) is 6.32. The molecule has 0 fully saturated rings. The van der Waals surface area contributed by atoms with E-state index in [0.717, 1.165) is 28.6 Å². The number of thiazole rings is 1. The SMILES string of the molecule is CCCn1c(=NC(=O)c2cc3cccc(OCC)c3o2)sc2cc(SC)ccc21. The van der Waals surface area contributed by atoms with Crippen molar-refractivity contribution in [1.29, 1.82) is 0 Å². The van der Waals surface area contributed by atoms with Crippen LogP contribution in [0.3, 0.4) is 0 Å². The molecule has 2 aromatic carbocycles. The van der Waals surface area contributed by atoms with Crippen molar-refractivity contribution in [2.24, 2.45) is 4.99 Å². The summed E-state index contributed by atoms with van der Waals surface area (Å²) in [4.78, 5) is 19.2. The van der Waals surface area contributed by atoms with E-state index in [1.807, 2.05) is 25.1 Å². The van der Waals surface area contributed by atoms with E-state index in [2.05, 4.69) is 40.9 Å². The lowest BCUT2D eigenvalue weighted by Crippen LogP contribution is -2.16. The first-order valence-electron chi connectivity index (χ1n) is 9.56. The van der Waals surface area contributed by atoms with Crippen molar-refractivity contribution in [3.8, 4) is 5.75 Å². The average Bonchev–Trinajstić information content (AvgIpc) is 3.30. The van der Waals surface area contributed by atoms with Crippen molar-refractivity contribution < 1.29 is 13.9 Å². The molecule has 2 aromatic heterocycles.